The van der Waals surface area contributed by atoms with Gasteiger partial charge in [0, 0.05) is 0 Å². The monoisotopic (exact) mass is 218 g/mol. The fraction of sp³-hybridized carbons (Fsp3) is 0.333. The molecule has 0 spiro atoms. The zero-order valence-electron chi connectivity index (χ0n) is 7.73. The van der Waals surface area contributed by atoms with Gasteiger partial charge in [-0.2, -0.15) is 8.42 Å². The summed E-state index contributed by atoms with van der Waals surface area (Å²) in [7, 11) is -3.40. The molecule has 0 unspecified atom stereocenters. The molecular formula is C9H11FO3S. The number of hydrogen-bond donors (Lipinski definition) is 0. The first-order chi connectivity index (χ1) is 6.47. The van der Waals surface area contributed by atoms with Crippen LogP contribution in [0.3, 0.4) is 0 Å². The SMILES string of the molecule is CS(=O)(=O)OCCc1cccc(F)c1. The number of halogens is 1. The van der Waals surface area contributed by atoms with Gasteiger partial charge in [0.2, 0.25) is 0 Å². The third-order valence-corrected chi connectivity index (χ3v) is 2.17. The van der Waals surface area contributed by atoms with Gasteiger partial charge in [-0.3, -0.25) is 4.18 Å². The van der Waals surface area contributed by atoms with E-state index in [2.05, 4.69) is 4.18 Å². The molecule has 0 heterocycles. The number of hydrogen-bond acceptors (Lipinski definition) is 3. The maximum absolute atomic E-state index is 12.7. The molecule has 0 fully saturated rings. The molecule has 0 radical (unpaired) electrons. The standard InChI is InChI=1S/C9H11FO3S/c1-14(11,12)13-6-5-8-3-2-4-9(10)7-8/h2-4,7H,5-6H2,1H3. The van der Waals surface area contributed by atoms with Crippen LogP contribution in [-0.2, 0) is 20.7 Å². The average Bonchev–Trinajstić information content (AvgIpc) is 2.01. The Morgan fingerprint density at radius 3 is 2.71 bits per heavy atom. The normalized spacial score (nSPS) is 11.6. The molecule has 0 N–H and O–H groups in total. The topological polar surface area (TPSA) is 43.4 Å². The van der Waals surface area contributed by atoms with Gasteiger partial charge in [-0.15, -0.1) is 0 Å². The van der Waals surface area contributed by atoms with Gasteiger partial charge in [-0.25, -0.2) is 4.39 Å². The summed E-state index contributed by atoms with van der Waals surface area (Å²) in [6, 6.07) is 5.98. The molecular weight excluding hydrogens is 207 g/mol. The fourth-order valence-electron chi connectivity index (χ4n) is 1.00. The van der Waals surface area contributed by atoms with Crippen LogP contribution < -0.4 is 0 Å². The lowest BCUT2D eigenvalue weighted by molar-refractivity contribution is 0.326. The van der Waals surface area contributed by atoms with E-state index in [1.54, 1.807) is 12.1 Å². The van der Waals surface area contributed by atoms with E-state index in [-0.39, 0.29) is 12.4 Å². The molecule has 0 saturated carbocycles. The lowest BCUT2D eigenvalue weighted by Crippen LogP contribution is -2.06. The highest BCUT2D eigenvalue weighted by Crippen LogP contribution is 2.04. The van der Waals surface area contributed by atoms with Gasteiger partial charge in [-0.05, 0) is 24.1 Å². The molecule has 0 aromatic heterocycles. The second-order valence-electron chi connectivity index (χ2n) is 2.91. The van der Waals surface area contributed by atoms with Gasteiger partial charge in [0.15, 0.2) is 0 Å². The zero-order chi connectivity index (χ0) is 10.6. The van der Waals surface area contributed by atoms with Crippen molar-refractivity contribution in [2.75, 3.05) is 12.9 Å². The van der Waals surface area contributed by atoms with Crippen molar-refractivity contribution in [2.45, 2.75) is 6.42 Å². The van der Waals surface area contributed by atoms with Gasteiger partial charge in [0.25, 0.3) is 10.1 Å². The first kappa shape index (κ1) is 11.1. The highest BCUT2D eigenvalue weighted by atomic mass is 32.2. The van der Waals surface area contributed by atoms with Crippen molar-refractivity contribution in [3.05, 3.63) is 35.6 Å². The summed E-state index contributed by atoms with van der Waals surface area (Å²) < 4.78 is 38.4. The van der Waals surface area contributed by atoms with Crippen LogP contribution in [0.25, 0.3) is 0 Å². The quantitative estimate of drug-likeness (QED) is 0.716. The lowest BCUT2D eigenvalue weighted by atomic mass is 10.2. The van der Waals surface area contributed by atoms with Crippen molar-refractivity contribution in [3.8, 4) is 0 Å². The van der Waals surface area contributed by atoms with E-state index in [0.29, 0.717) is 12.0 Å². The Morgan fingerprint density at radius 2 is 2.14 bits per heavy atom. The van der Waals surface area contributed by atoms with E-state index < -0.39 is 10.1 Å². The summed E-state index contributed by atoms with van der Waals surface area (Å²) in [6.07, 6.45) is 1.36. The van der Waals surface area contributed by atoms with Crippen molar-refractivity contribution < 1.29 is 17.0 Å². The minimum atomic E-state index is -3.40. The van der Waals surface area contributed by atoms with Gasteiger partial charge in [0.05, 0.1) is 12.9 Å². The predicted octanol–water partition coefficient (Wildman–Crippen LogP) is 1.34. The molecule has 0 aliphatic heterocycles. The van der Waals surface area contributed by atoms with E-state index >= 15 is 0 Å². The fourth-order valence-corrected chi connectivity index (χ4v) is 1.39. The van der Waals surface area contributed by atoms with Crippen molar-refractivity contribution in [2.24, 2.45) is 0 Å². The third kappa shape index (κ3) is 4.34. The Balaban J connectivity index is 2.47. The van der Waals surface area contributed by atoms with Crippen LogP contribution in [0.1, 0.15) is 5.56 Å². The van der Waals surface area contributed by atoms with E-state index in [0.717, 1.165) is 6.26 Å². The van der Waals surface area contributed by atoms with Gasteiger partial charge in [0.1, 0.15) is 5.82 Å². The number of benzene rings is 1. The molecule has 0 aliphatic carbocycles. The Labute approximate surface area is 82.6 Å². The third-order valence-electron chi connectivity index (χ3n) is 1.58. The molecule has 78 valence electrons. The summed E-state index contributed by atoms with van der Waals surface area (Å²) in [6.45, 7) is 0.0439. The van der Waals surface area contributed by atoms with Crippen LogP contribution in [0.2, 0.25) is 0 Å². The maximum Gasteiger partial charge on any atom is 0.264 e. The predicted molar refractivity (Wildman–Crippen MR) is 50.9 cm³/mol. The molecule has 0 aliphatic rings. The van der Waals surface area contributed by atoms with E-state index in [1.165, 1.54) is 12.1 Å². The second-order valence-corrected chi connectivity index (χ2v) is 4.55. The molecule has 0 saturated heterocycles. The van der Waals surface area contributed by atoms with E-state index in [1.807, 2.05) is 0 Å². The molecule has 14 heavy (non-hydrogen) atoms. The maximum atomic E-state index is 12.7. The van der Waals surface area contributed by atoms with Crippen molar-refractivity contribution in [1.29, 1.82) is 0 Å². The molecule has 3 nitrogen and oxygen atoms in total. The summed E-state index contributed by atoms with van der Waals surface area (Å²) in [5.41, 5.74) is 0.716. The Bertz CT molecular complexity index is 400. The zero-order valence-corrected chi connectivity index (χ0v) is 8.55. The highest BCUT2D eigenvalue weighted by molar-refractivity contribution is 7.85. The van der Waals surface area contributed by atoms with Crippen LogP contribution in [0.15, 0.2) is 24.3 Å². The largest absolute Gasteiger partial charge is 0.270 e. The van der Waals surface area contributed by atoms with E-state index in [9.17, 15) is 12.8 Å². The summed E-state index contributed by atoms with van der Waals surface area (Å²) in [5, 5.41) is 0. The number of rotatable bonds is 4. The molecule has 1 aromatic carbocycles. The minimum absolute atomic E-state index is 0.0439. The molecule has 5 heteroatoms. The Hall–Kier alpha value is -0.940. The van der Waals surface area contributed by atoms with E-state index in [4.69, 9.17) is 0 Å². The second kappa shape index (κ2) is 4.52. The Morgan fingerprint density at radius 1 is 1.43 bits per heavy atom. The lowest BCUT2D eigenvalue weighted by Gasteiger charge is -2.01. The first-order valence-electron chi connectivity index (χ1n) is 4.06. The molecule has 0 atom stereocenters. The van der Waals surface area contributed by atoms with Crippen LogP contribution in [0, 0.1) is 5.82 Å². The van der Waals surface area contributed by atoms with Crippen LogP contribution >= 0.6 is 0 Å². The van der Waals surface area contributed by atoms with Crippen LogP contribution in [0.4, 0.5) is 4.39 Å². The van der Waals surface area contributed by atoms with Gasteiger partial charge < -0.3 is 0 Å². The minimum Gasteiger partial charge on any atom is -0.270 e. The molecule has 1 aromatic rings. The summed E-state index contributed by atoms with van der Waals surface area (Å²) in [4.78, 5) is 0. The van der Waals surface area contributed by atoms with Crippen LogP contribution in [-0.4, -0.2) is 21.3 Å². The highest BCUT2D eigenvalue weighted by Gasteiger charge is 2.01. The van der Waals surface area contributed by atoms with Gasteiger partial charge in [-0.1, -0.05) is 12.1 Å². The smallest absolute Gasteiger partial charge is 0.264 e. The molecule has 1 rings (SSSR count). The van der Waals surface area contributed by atoms with Crippen LogP contribution in [0.5, 0.6) is 0 Å². The molecule has 0 bridgehead atoms. The van der Waals surface area contributed by atoms with Crippen molar-refractivity contribution >= 4 is 10.1 Å². The first-order valence-corrected chi connectivity index (χ1v) is 5.88. The van der Waals surface area contributed by atoms with Crippen molar-refractivity contribution in [3.63, 3.8) is 0 Å². The van der Waals surface area contributed by atoms with Crippen molar-refractivity contribution in [1.82, 2.24) is 0 Å². The average molecular weight is 218 g/mol. The molecule has 0 amide bonds. The van der Waals surface area contributed by atoms with Gasteiger partial charge >= 0.3 is 0 Å². The summed E-state index contributed by atoms with van der Waals surface area (Å²) >= 11 is 0. The Kier molecular flexibility index (Phi) is 3.60. The summed E-state index contributed by atoms with van der Waals surface area (Å²) in [5.74, 6) is -0.332.